The van der Waals surface area contributed by atoms with Crippen LogP contribution in [0.15, 0.2) is 36.4 Å². The van der Waals surface area contributed by atoms with Crippen molar-refractivity contribution in [1.82, 2.24) is 0 Å². The minimum atomic E-state index is -1.17. The molecule has 3 N–H and O–H groups in total. The van der Waals surface area contributed by atoms with Crippen molar-refractivity contribution < 1.29 is 24.6 Å². The Balaban J connectivity index is 1.95. The van der Waals surface area contributed by atoms with Gasteiger partial charge in [-0.2, -0.15) is 0 Å². The molecule has 0 fully saturated rings. The van der Waals surface area contributed by atoms with Crippen LogP contribution in [-0.2, 0) is 4.79 Å². The third-order valence-corrected chi connectivity index (χ3v) is 3.93. The van der Waals surface area contributed by atoms with E-state index >= 15 is 0 Å². The summed E-state index contributed by atoms with van der Waals surface area (Å²) >= 11 is 0. The van der Waals surface area contributed by atoms with Crippen LogP contribution in [0.25, 0.3) is 0 Å². The summed E-state index contributed by atoms with van der Waals surface area (Å²) in [5.74, 6) is -2.08. The van der Waals surface area contributed by atoms with Gasteiger partial charge < -0.3 is 15.5 Å². The molecule has 2 rings (SSSR count). The van der Waals surface area contributed by atoms with Crippen molar-refractivity contribution in [2.45, 2.75) is 26.7 Å². The molecule has 6 heteroatoms. The second-order valence-electron chi connectivity index (χ2n) is 5.81. The summed E-state index contributed by atoms with van der Waals surface area (Å²) in [4.78, 5) is 34.9. The predicted octanol–water partition coefficient (Wildman–Crippen LogP) is 3.31. The summed E-state index contributed by atoms with van der Waals surface area (Å²) in [5.41, 5.74) is 2.69. The lowest BCUT2D eigenvalue weighted by molar-refractivity contribution is -0.116. The Kier molecular flexibility index (Phi) is 5.54. The fourth-order valence-electron chi connectivity index (χ4n) is 2.27. The first-order chi connectivity index (χ1) is 11.8. The molecule has 0 bridgehead atoms. The first-order valence-electron chi connectivity index (χ1n) is 7.74. The summed E-state index contributed by atoms with van der Waals surface area (Å²) in [5, 5.41) is 21.1. The van der Waals surface area contributed by atoms with E-state index in [4.69, 9.17) is 5.11 Å². The number of benzene rings is 2. The van der Waals surface area contributed by atoms with E-state index in [1.165, 1.54) is 12.1 Å². The molecule has 6 nitrogen and oxygen atoms in total. The molecule has 0 aliphatic heterocycles. The Morgan fingerprint density at radius 1 is 0.920 bits per heavy atom. The van der Waals surface area contributed by atoms with Crippen LogP contribution in [-0.4, -0.2) is 27.9 Å². The highest BCUT2D eigenvalue weighted by atomic mass is 16.4. The number of phenolic OH excluding ortho intramolecular Hbond substituents is 1. The van der Waals surface area contributed by atoms with Crippen molar-refractivity contribution >= 4 is 23.3 Å². The van der Waals surface area contributed by atoms with Gasteiger partial charge in [-0.05, 0) is 49.2 Å². The Labute approximate surface area is 145 Å². The number of rotatable bonds is 6. The summed E-state index contributed by atoms with van der Waals surface area (Å²) in [6.45, 7) is 3.88. The Bertz CT molecular complexity index is 842. The quantitative estimate of drug-likeness (QED) is 0.552. The van der Waals surface area contributed by atoms with E-state index in [-0.39, 0.29) is 35.6 Å². The molecule has 2 aromatic carbocycles. The second-order valence-corrected chi connectivity index (χ2v) is 5.81. The van der Waals surface area contributed by atoms with Gasteiger partial charge in [0.05, 0.1) is 11.3 Å². The smallest absolute Gasteiger partial charge is 0.335 e. The minimum Gasteiger partial charge on any atom is -0.506 e. The largest absolute Gasteiger partial charge is 0.506 e. The maximum Gasteiger partial charge on any atom is 0.335 e. The lowest BCUT2D eigenvalue weighted by Crippen LogP contribution is -2.14. The molecular weight excluding hydrogens is 322 g/mol. The van der Waals surface area contributed by atoms with E-state index < -0.39 is 11.9 Å². The number of carboxylic acids is 1. The van der Waals surface area contributed by atoms with E-state index in [2.05, 4.69) is 5.32 Å². The number of carboxylic acid groups (broad SMARTS) is 1. The van der Waals surface area contributed by atoms with Gasteiger partial charge in [0.15, 0.2) is 5.78 Å². The molecule has 0 unspecified atom stereocenters. The summed E-state index contributed by atoms with van der Waals surface area (Å²) in [7, 11) is 0. The minimum absolute atomic E-state index is 0.0358. The number of phenols is 1. The van der Waals surface area contributed by atoms with Gasteiger partial charge in [0.25, 0.3) is 0 Å². The van der Waals surface area contributed by atoms with E-state index in [0.29, 0.717) is 5.56 Å². The van der Waals surface area contributed by atoms with Gasteiger partial charge >= 0.3 is 5.97 Å². The van der Waals surface area contributed by atoms with Crippen LogP contribution in [0.5, 0.6) is 5.75 Å². The van der Waals surface area contributed by atoms with Crippen molar-refractivity contribution in [3.8, 4) is 5.75 Å². The third kappa shape index (κ3) is 4.67. The number of ketones is 1. The van der Waals surface area contributed by atoms with E-state index in [9.17, 15) is 19.5 Å². The monoisotopic (exact) mass is 341 g/mol. The van der Waals surface area contributed by atoms with Gasteiger partial charge in [0, 0.05) is 18.4 Å². The van der Waals surface area contributed by atoms with Gasteiger partial charge in [0.2, 0.25) is 5.91 Å². The van der Waals surface area contributed by atoms with Gasteiger partial charge in [-0.15, -0.1) is 0 Å². The topological polar surface area (TPSA) is 104 Å². The number of aromatic carboxylic acids is 1. The normalized spacial score (nSPS) is 10.3. The molecule has 2 aromatic rings. The molecule has 0 atom stereocenters. The average Bonchev–Trinajstić information content (AvgIpc) is 2.56. The number of nitrogens with one attached hydrogen (secondary N) is 1. The van der Waals surface area contributed by atoms with Crippen molar-refractivity contribution in [3.63, 3.8) is 0 Å². The molecule has 25 heavy (non-hydrogen) atoms. The number of carbonyl (C=O) groups is 3. The molecule has 0 saturated carbocycles. The fourth-order valence-corrected chi connectivity index (χ4v) is 2.27. The summed E-state index contributed by atoms with van der Waals surface area (Å²) < 4.78 is 0. The van der Waals surface area contributed by atoms with Crippen LogP contribution in [0.2, 0.25) is 0 Å². The lowest BCUT2D eigenvalue weighted by Gasteiger charge is -2.08. The average molecular weight is 341 g/mol. The van der Waals surface area contributed by atoms with Crippen LogP contribution in [0.4, 0.5) is 5.69 Å². The lowest BCUT2D eigenvalue weighted by atomic mass is 10.0. The Morgan fingerprint density at radius 3 is 2.20 bits per heavy atom. The molecule has 0 aliphatic carbocycles. The molecule has 0 spiro atoms. The Hall–Kier alpha value is -3.15. The molecule has 0 aliphatic rings. The van der Waals surface area contributed by atoms with E-state index in [0.717, 1.165) is 17.2 Å². The fraction of sp³-hybridized carbons (Fsp3) is 0.211. The van der Waals surface area contributed by atoms with Crippen LogP contribution < -0.4 is 5.32 Å². The third-order valence-electron chi connectivity index (χ3n) is 3.93. The van der Waals surface area contributed by atoms with Crippen molar-refractivity contribution in [2.75, 3.05) is 5.32 Å². The number of anilines is 1. The first-order valence-corrected chi connectivity index (χ1v) is 7.74. The number of hydrogen-bond donors (Lipinski definition) is 3. The SMILES string of the molecule is Cc1ccc(C(=O)CCC(=O)Nc2ccc(C(=O)O)cc2O)cc1C. The highest BCUT2D eigenvalue weighted by molar-refractivity contribution is 6.00. The maximum atomic E-state index is 12.2. The molecular formula is C19H19NO5. The molecule has 0 aromatic heterocycles. The molecule has 0 heterocycles. The van der Waals surface area contributed by atoms with Gasteiger partial charge in [-0.3, -0.25) is 9.59 Å². The number of amides is 1. The second kappa shape index (κ2) is 7.61. The van der Waals surface area contributed by atoms with Gasteiger partial charge in [0.1, 0.15) is 5.75 Å². The van der Waals surface area contributed by atoms with Gasteiger partial charge in [-0.25, -0.2) is 4.79 Å². The number of aryl methyl sites for hydroxylation is 2. The molecule has 0 radical (unpaired) electrons. The van der Waals surface area contributed by atoms with Crippen LogP contribution >= 0.6 is 0 Å². The zero-order chi connectivity index (χ0) is 18.6. The highest BCUT2D eigenvalue weighted by Crippen LogP contribution is 2.24. The number of Topliss-reactive ketones (excluding diaryl/α,β-unsaturated/α-hetero) is 1. The summed E-state index contributed by atoms with van der Waals surface area (Å²) in [6.07, 6.45) is 0.00812. The van der Waals surface area contributed by atoms with E-state index in [1.54, 1.807) is 12.1 Å². The molecule has 0 saturated heterocycles. The zero-order valence-corrected chi connectivity index (χ0v) is 14.0. The number of carbonyl (C=O) groups excluding carboxylic acids is 2. The van der Waals surface area contributed by atoms with Gasteiger partial charge in [-0.1, -0.05) is 12.1 Å². The van der Waals surface area contributed by atoms with Crippen molar-refractivity contribution in [1.29, 1.82) is 0 Å². The standard InChI is InChI=1S/C19H19NO5/c1-11-3-4-13(9-12(11)2)16(21)7-8-18(23)20-15-6-5-14(19(24)25)10-17(15)22/h3-6,9-10,22H,7-8H2,1-2H3,(H,20,23)(H,24,25). The van der Waals surface area contributed by atoms with Crippen LogP contribution in [0.3, 0.4) is 0 Å². The number of aromatic hydroxyl groups is 1. The molecule has 130 valence electrons. The number of hydrogen-bond acceptors (Lipinski definition) is 4. The van der Waals surface area contributed by atoms with Crippen LogP contribution in [0.1, 0.15) is 44.7 Å². The predicted molar refractivity (Wildman–Crippen MR) is 93.2 cm³/mol. The Morgan fingerprint density at radius 2 is 1.60 bits per heavy atom. The summed E-state index contributed by atoms with van der Waals surface area (Å²) in [6, 6.07) is 9.04. The zero-order valence-electron chi connectivity index (χ0n) is 14.0. The molecule has 1 amide bonds. The van der Waals surface area contributed by atoms with Crippen LogP contribution in [0, 0.1) is 13.8 Å². The van der Waals surface area contributed by atoms with Crippen molar-refractivity contribution in [3.05, 3.63) is 58.7 Å². The van der Waals surface area contributed by atoms with Crippen molar-refractivity contribution in [2.24, 2.45) is 0 Å². The first kappa shape index (κ1) is 18.2. The van der Waals surface area contributed by atoms with E-state index in [1.807, 2.05) is 19.9 Å². The highest BCUT2D eigenvalue weighted by Gasteiger charge is 2.13. The maximum absolute atomic E-state index is 12.2.